The third kappa shape index (κ3) is 4.51. The van der Waals surface area contributed by atoms with Crippen molar-refractivity contribution in [2.45, 2.75) is 12.7 Å². The molecule has 9 heteroatoms. The van der Waals surface area contributed by atoms with E-state index in [2.05, 4.69) is 9.88 Å². The number of carbonyl (C=O) groups is 1. The maximum Gasteiger partial charge on any atom is 0.416 e. The molecule has 1 aliphatic rings. The normalized spacial score (nSPS) is 15.6. The molecule has 5 nitrogen and oxygen atoms in total. The lowest BCUT2D eigenvalue weighted by molar-refractivity contribution is -0.137. The highest BCUT2D eigenvalue weighted by Gasteiger charge is 2.30. The van der Waals surface area contributed by atoms with E-state index < -0.39 is 11.7 Å². The number of furan rings is 1. The van der Waals surface area contributed by atoms with Gasteiger partial charge in [-0.05, 0) is 23.8 Å². The van der Waals surface area contributed by atoms with Gasteiger partial charge >= 0.3 is 6.18 Å². The number of benzene rings is 1. The molecule has 1 amide bonds. The van der Waals surface area contributed by atoms with E-state index in [1.165, 1.54) is 23.5 Å². The summed E-state index contributed by atoms with van der Waals surface area (Å²) >= 11 is 1.35. The van der Waals surface area contributed by atoms with Crippen LogP contribution in [-0.4, -0.2) is 46.9 Å². The van der Waals surface area contributed by atoms with Crippen molar-refractivity contribution >= 4 is 17.2 Å². The van der Waals surface area contributed by atoms with Crippen LogP contribution in [0.15, 0.2) is 52.5 Å². The Bertz CT molecular complexity index is 977. The number of hydrogen-bond acceptors (Lipinski definition) is 5. The second-order valence-corrected chi connectivity index (χ2v) is 7.64. The summed E-state index contributed by atoms with van der Waals surface area (Å²) in [6.07, 6.45) is -2.79. The van der Waals surface area contributed by atoms with E-state index in [0.717, 1.165) is 6.07 Å². The summed E-state index contributed by atoms with van der Waals surface area (Å²) in [6, 6.07) is 8.93. The van der Waals surface area contributed by atoms with Gasteiger partial charge in [0.1, 0.15) is 5.69 Å². The number of rotatable bonds is 4. The number of carbonyl (C=O) groups excluding carboxylic acids is 1. The Morgan fingerprint density at radius 3 is 2.62 bits per heavy atom. The third-order valence-corrected chi connectivity index (χ3v) is 5.63. The van der Waals surface area contributed by atoms with Crippen LogP contribution in [0.2, 0.25) is 0 Å². The number of hydrogen-bond donors (Lipinski definition) is 0. The van der Waals surface area contributed by atoms with E-state index >= 15 is 0 Å². The number of halogens is 3. The van der Waals surface area contributed by atoms with Gasteiger partial charge in [-0.15, -0.1) is 11.3 Å². The summed E-state index contributed by atoms with van der Waals surface area (Å²) in [5.41, 5.74) is 0.356. The topological polar surface area (TPSA) is 49.6 Å². The van der Waals surface area contributed by atoms with Crippen LogP contribution in [0.25, 0.3) is 10.8 Å². The fourth-order valence-electron chi connectivity index (χ4n) is 3.26. The molecule has 0 bridgehead atoms. The van der Waals surface area contributed by atoms with Gasteiger partial charge in [-0.25, -0.2) is 4.98 Å². The molecular formula is C20H18F3N3O2S. The SMILES string of the molecule is O=C(c1csc(-c2ccco2)n1)N1CCN(Cc2cccc(C(F)(F)F)c2)CC1. The zero-order valence-electron chi connectivity index (χ0n) is 15.4. The number of amides is 1. The molecule has 29 heavy (non-hydrogen) atoms. The van der Waals surface area contributed by atoms with E-state index in [-0.39, 0.29) is 5.91 Å². The molecular weight excluding hydrogens is 403 g/mol. The van der Waals surface area contributed by atoms with Gasteiger partial charge in [-0.3, -0.25) is 9.69 Å². The number of aromatic nitrogens is 1. The molecule has 4 rings (SSSR count). The number of alkyl halides is 3. The summed E-state index contributed by atoms with van der Waals surface area (Å²) < 4.78 is 43.9. The standard InChI is InChI=1S/C20H18F3N3O2S/c21-20(22,23)15-4-1-3-14(11-15)12-25-6-8-26(9-7-25)19(27)16-13-29-18(24-16)17-5-2-10-28-17/h1-5,10-11,13H,6-9,12H2. The summed E-state index contributed by atoms with van der Waals surface area (Å²) in [5, 5.41) is 2.37. The van der Waals surface area contributed by atoms with E-state index in [1.807, 2.05) is 0 Å². The van der Waals surface area contributed by atoms with Gasteiger partial charge in [0.15, 0.2) is 10.8 Å². The van der Waals surface area contributed by atoms with Gasteiger partial charge in [-0.1, -0.05) is 18.2 Å². The molecule has 1 aliphatic heterocycles. The number of thiazole rings is 1. The van der Waals surface area contributed by atoms with Crippen molar-refractivity contribution in [1.82, 2.24) is 14.8 Å². The van der Waals surface area contributed by atoms with Crippen LogP contribution in [0.5, 0.6) is 0 Å². The van der Waals surface area contributed by atoms with Crippen LogP contribution in [0.3, 0.4) is 0 Å². The summed E-state index contributed by atoms with van der Waals surface area (Å²) in [6.45, 7) is 2.62. The van der Waals surface area contributed by atoms with Crippen molar-refractivity contribution in [3.05, 3.63) is 64.9 Å². The largest absolute Gasteiger partial charge is 0.462 e. The first kappa shape index (κ1) is 19.7. The molecule has 0 unspecified atom stereocenters. The molecule has 152 valence electrons. The van der Waals surface area contributed by atoms with Crippen molar-refractivity contribution in [1.29, 1.82) is 0 Å². The maximum atomic E-state index is 12.9. The highest BCUT2D eigenvalue weighted by Crippen LogP contribution is 2.30. The van der Waals surface area contributed by atoms with E-state index in [9.17, 15) is 18.0 Å². The maximum absolute atomic E-state index is 12.9. The van der Waals surface area contributed by atoms with Crippen LogP contribution >= 0.6 is 11.3 Å². The highest BCUT2D eigenvalue weighted by molar-refractivity contribution is 7.13. The Morgan fingerprint density at radius 1 is 1.14 bits per heavy atom. The first-order valence-corrected chi connectivity index (χ1v) is 9.95. The van der Waals surface area contributed by atoms with Crippen molar-refractivity contribution in [3.63, 3.8) is 0 Å². The Labute approximate surface area is 169 Å². The molecule has 1 fully saturated rings. The minimum Gasteiger partial charge on any atom is -0.462 e. The lowest BCUT2D eigenvalue weighted by Crippen LogP contribution is -2.48. The fourth-order valence-corrected chi connectivity index (χ4v) is 4.02. The second kappa shape index (κ2) is 8.00. The minimum absolute atomic E-state index is 0.141. The molecule has 3 aromatic rings. The van der Waals surface area contributed by atoms with Crippen LogP contribution in [0.1, 0.15) is 21.6 Å². The van der Waals surface area contributed by atoms with Crippen LogP contribution < -0.4 is 0 Å². The molecule has 1 saturated heterocycles. The molecule has 0 spiro atoms. The predicted octanol–water partition coefficient (Wildman–Crippen LogP) is 4.38. The average molecular weight is 421 g/mol. The Hall–Kier alpha value is -2.65. The lowest BCUT2D eigenvalue weighted by atomic mass is 10.1. The lowest BCUT2D eigenvalue weighted by Gasteiger charge is -2.34. The van der Waals surface area contributed by atoms with E-state index in [0.29, 0.717) is 54.7 Å². The average Bonchev–Trinajstić information content (AvgIpc) is 3.39. The minimum atomic E-state index is -4.34. The quantitative estimate of drug-likeness (QED) is 0.627. The monoisotopic (exact) mass is 421 g/mol. The molecule has 0 atom stereocenters. The molecule has 0 N–H and O–H groups in total. The molecule has 0 radical (unpaired) electrons. The van der Waals surface area contributed by atoms with Crippen molar-refractivity contribution in [3.8, 4) is 10.8 Å². The first-order valence-electron chi connectivity index (χ1n) is 9.07. The smallest absolute Gasteiger partial charge is 0.416 e. The zero-order valence-corrected chi connectivity index (χ0v) is 16.2. The molecule has 1 aromatic carbocycles. The van der Waals surface area contributed by atoms with Gasteiger partial charge in [0.25, 0.3) is 5.91 Å². The molecule has 2 aromatic heterocycles. The van der Waals surface area contributed by atoms with Gasteiger partial charge in [0.05, 0.1) is 11.8 Å². The van der Waals surface area contributed by atoms with Crippen molar-refractivity contribution in [2.75, 3.05) is 26.2 Å². The number of piperazine rings is 1. The van der Waals surface area contributed by atoms with Crippen LogP contribution in [0.4, 0.5) is 13.2 Å². The van der Waals surface area contributed by atoms with Crippen LogP contribution in [0, 0.1) is 0 Å². The molecule has 0 aliphatic carbocycles. The van der Waals surface area contributed by atoms with Gasteiger partial charge in [-0.2, -0.15) is 13.2 Å². The van der Waals surface area contributed by atoms with Gasteiger partial charge in [0.2, 0.25) is 0 Å². The Balaban J connectivity index is 1.34. The van der Waals surface area contributed by atoms with E-state index in [4.69, 9.17) is 4.42 Å². The number of nitrogens with zero attached hydrogens (tertiary/aromatic N) is 3. The van der Waals surface area contributed by atoms with E-state index in [1.54, 1.807) is 34.7 Å². The molecule has 3 heterocycles. The summed E-state index contributed by atoms with van der Waals surface area (Å²) in [5.74, 6) is 0.484. The zero-order chi connectivity index (χ0) is 20.4. The summed E-state index contributed by atoms with van der Waals surface area (Å²) in [7, 11) is 0. The third-order valence-electron chi connectivity index (χ3n) is 4.78. The second-order valence-electron chi connectivity index (χ2n) is 6.78. The Morgan fingerprint density at radius 2 is 1.93 bits per heavy atom. The fraction of sp³-hybridized carbons (Fsp3) is 0.300. The van der Waals surface area contributed by atoms with Crippen LogP contribution in [-0.2, 0) is 12.7 Å². The predicted molar refractivity (Wildman–Crippen MR) is 102 cm³/mol. The Kier molecular flexibility index (Phi) is 5.42. The highest BCUT2D eigenvalue weighted by atomic mass is 32.1. The van der Waals surface area contributed by atoms with Gasteiger partial charge < -0.3 is 9.32 Å². The van der Waals surface area contributed by atoms with Crippen molar-refractivity contribution in [2.24, 2.45) is 0 Å². The van der Waals surface area contributed by atoms with Gasteiger partial charge in [0, 0.05) is 38.1 Å². The summed E-state index contributed by atoms with van der Waals surface area (Å²) in [4.78, 5) is 20.8. The molecule has 0 saturated carbocycles. The van der Waals surface area contributed by atoms with Crippen molar-refractivity contribution < 1.29 is 22.4 Å². The first-order chi connectivity index (χ1) is 13.9.